The molecule has 0 saturated heterocycles. The maximum absolute atomic E-state index is 2.46. The van der Waals surface area contributed by atoms with Gasteiger partial charge in [-0.15, -0.1) is 0 Å². The van der Waals surface area contributed by atoms with Crippen LogP contribution in [0.15, 0.2) is 42.5 Å². The van der Waals surface area contributed by atoms with Crippen LogP contribution in [0.2, 0.25) is 0 Å². The van der Waals surface area contributed by atoms with Crippen LogP contribution in [0.4, 0.5) is 0 Å². The molecule has 1 fully saturated rings. The van der Waals surface area contributed by atoms with E-state index in [2.05, 4.69) is 49.4 Å². The van der Waals surface area contributed by atoms with Gasteiger partial charge in [0.2, 0.25) is 0 Å². The van der Waals surface area contributed by atoms with Crippen molar-refractivity contribution in [2.45, 2.75) is 50.9 Å². The third-order valence-corrected chi connectivity index (χ3v) is 5.38. The van der Waals surface area contributed by atoms with Crippen LogP contribution < -0.4 is 0 Å². The lowest BCUT2D eigenvalue weighted by Crippen LogP contribution is -2.24. The molecule has 0 heterocycles. The normalized spacial score (nSPS) is 19.4. The monoisotopic (exact) mass is 262 g/mol. The molecule has 20 heavy (non-hydrogen) atoms. The van der Waals surface area contributed by atoms with E-state index in [1.807, 2.05) is 0 Å². The first kappa shape index (κ1) is 12.2. The lowest BCUT2D eigenvalue weighted by atomic mass is 9.72. The average molecular weight is 262 g/mol. The molecule has 2 aliphatic carbocycles. The Morgan fingerprint density at radius 1 is 0.750 bits per heavy atom. The lowest BCUT2D eigenvalue weighted by molar-refractivity contribution is 0.456. The summed E-state index contributed by atoms with van der Waals surface area (Å²) in [5.41, 5.74) is 7.91. The first-order valence-corrected chi connectivity index (χ1v) is 8.02. The van der Waals surface area contributed by atoms with E-state index in [-0.39, 0.29) is 0 Å². The van der Waals surface area contributed by atoms with Crippen LogP contribution >= 0.6 is 0 Å². The standard InChI is InChI=1S/C20H22/c1-15-10-11-17-16-8-4-5-9-18(16)20(19(17)14-15)12-6-2-3-7-13-20/h4-5,8-11,14H,2-3,6-7,12-13H2,1H3. The zero-order chi connectivity index (χ0) is 13.6. The molecule has 0 unspecified atom stereocenters. The van der Waals surface area contributed by atoms with Crippen LogP contribution in [0, 0.1) is 6.92 Å². The van der Waals surface area contributed by atoms with Crippen LogP contribution in [0.25, 0.3) is 11.1 Å². The summed E-state index contributed by atoms with van der Waals surface area (Å²) in [6.45, 7) is 2.23. The van der Waals surface area contributed by atoms with Crippen LogP contribution in [0.3, 0.4) is 0 Å². The van der Waals surface area contributed by atoms with Crippen LogP contribution in [-0.4, -0.2) is 0 Å². The smallest absolute Gasteiger partial charge is 0.0215 e. The number of hydrogen-bond donors (Lipinski definition) is 0. The molecule has 0 radical (unpaired) electrons. The Morgan fingerprint density at radius 2 is 1.45 bits per heavy atom. The molecule has 1 spiro atoms. The van der Waals surface area contributed by atoms with Gasteiger partial charge in [-0.2, -0.15) is 0 Å². The summed E-state index contributed by atoms with van der Waals surface area (Å²) in [7, 11) is 0. The van der Waals surface area contributed by atoms with Crippen molar-refractivity contribution in [2.75, 3.05) is 0 Å². The highest BCUT2D eigenvalue weighted by atomic mass is 14.5. The second kappa shape index (κ2) is 4.48. The van der Waals surface area contributed by atoms with Crippen molar-refractivity contribution >= 4 is 0 Å². The molecule has 0 N–H and O–H groups in total. The molecule has 0 nitrogen and oxygen atoms in total. The van der Waals surface area contributed by atoms with Gasteiger partial charge in [-0.05, 0) is 42.0 Å². The van der Waals surface area contributed by atoms with Crippen molar-refractivity contribution in [2.24, 2.45) is 0 Å². The maximum atomic E-state index is 2.46. The molecule has 0 amide bonds. The predicted octanol–water partition coefficient (Wildman–Crippen LogP) is 5.62. The Bertz CT molecular complexity index is 643. The maximum Gasteiger partial charge on any atom is 0.0215 e. The second-order valence-electron chi connectivity index (χ2n) is 6.59. The Morgan fingerprint density at radius 3 is 2.25 bits per heavy atom. The van der Waals surface area contributed by atoms with Gasteiger partial charge in [-0.3, -0.25) is 0 Å². The van der Waals surface area contributed by atoms with Gasteiger partial charge in [-0.1, -0.05) is 73.7 Å². The number of hydrogen-bond acceptors (Lipinski definition) is 0. The molecule has 0 bridgehead atoms. The third kappa shape index (κ3) is 1.60. The topological polar surface area (TPSA) is 0 Å². The average Bonchev–Trinajstić information content (AvgIpc) is 2.64. The Hall–Kier alpha value is -1.56. The molecule has 2 aromatic rings. The number of aryl methyl sites for hydroxylation is 1. The fraction of sp³-hybridized carbons (Fsp3) is 0.400. The minimum atomic E-state index is 0.314. The van der Waals surface area contributed by atoms with E-state index >= 15 is 0 Å². The van der Waals surface area contributed by atoms with Gasteiger partial charge in [0, 0.05) is 5.41 Å². The summed E-state index contributed by atoms with van der Waals surface area (Å²) in [6.07, 6.45) is 8.24. The van der Waals surface area contributed by atoms with E-state index in [0.29, 0.717) is 5.41 Å². The Labute approximate surface area is 121 Å². The first-order valence-electron chi connectivity index (χ1n) is 8.02. The second-order valence-corrected chi connectivity index (χ2v) is 6.59. The fourth-order valence-corrected chi connectivity index (χ4v) is 4.44. The zero-order valence-electron chi connectivity index (χ0n) is 12.3. The zero-order valence-corrected chi connectivity index (χ0v) is 12.3. The quantitative estimate of drug-likeness (QED) is 0.578. The molecule has 2 aliphatic rings. The Kier molecular flexibility index (Phi) is 2.73. The molecule has 4 rings (SSSR count). The number of benzene rings is 2. The SMILES string of the molecule is Cc1ccc2c(c1)C1(CCCCCC1)c1ccccc1-2. The van der Waals surface area contributed by atoms with Crippen molar-refractivity contribution in [1.29, 1.82) is 0 Å². The molecular weight excluding hydrogens is 240 g/mol. The minimum absolute atomic E-state index is 0.314. The third-order valence-electron chi connectivity index (χ3n) is 5.38. The van der Waals surface area contributed by atoms with E-state index in [0.717, 1.165) is 0 Å². The summed E-state index contributed by atoms with van der Waals surface area (Å²) in [6, 6.07) is 16.2. The van der Waals surface area contributed by atoms with Gasteiger partial charge in [0.25, 0.3) is 0 Å². The first-order chi connectivity index (χ1) is 9.81. The van der Waals surface area contributed by atoms with Gasteiger partial charge in [-0.25, -0.2) is 0 Å². The fourth-order valence-electron chi connectivity index (χ4n) is 4.44. The minimum Gasteiger partial charge on any atom is -0.0619 e. The molecule has 0 aliphatic heterocycles. The molecular formula is C20H22. The van der Waals surface area contributed by atoms with Gasteiger partial charge < -0.3 is 0 Å². The highest BCUT2D eigenvalue weighted by Crippen LogP contribution is 2.55. The van der Waals surface area contributed by atoms with Crippen LogP contribution in [-0.2, 0) is 5.41 Å². The van der Waals surface area contributed by atoms with Crippen molar-refractivity contribution in [3.8, 4) is 11.1 Å². The summed E-state index contributed by atoms with van der Waals surface area (Å²) in [5, 5.41) is 0. The molecule has 0 atom stereocenters. The number of fused-ring (bicyclic) bond motifs is 5. The van der Waals surface area contributed by atoms with Gasteiger partial charge >= 0.3 is 0 Å². The molecule has 0 aromatic heterocycles. The van der Waals surface area contributed by atoms with Crippen molar-refractivity contribution in [3.05, 3.63) is 59.2 Å². The highest BCUT2D eigenvalue weighted by molar-refractivity contribution is 5.81. The molecule has 1 saturated carbocycles. The largest absolute Gasteiger partial charge is 0.0619 e. The van der Waals surface area contributed by atoms with Crippen LogP contribution in [0.5, 0.6) is 0 Å². The molecule has 0 heteroatoms. The van der Waals surface area contributed by atoms with Crippen molar-refractivity contribution in [3.63, 3.8) is 0 Å². The van der Waals surface area contributed by atoms with Crippen molar-refractivity contribution in [1.82, 2.24) is 0 Å². The van der Waals surface area contributed by atoms with E-state index in [4.69, 9.17) is 0 Å². The highest BCUT2D eigenvalue weighted by Gasteiger charge is 2.42. The van der Waals surface area contributed by atoms with E-state index in [1.165, 1.54) is 55.2 Å². The predicted molar refractivity (Wildman–Crippen MR) is 85.1 cm³/mol. The van der Waals surface area contributed by atoms with Gasteiger partial charge in [0.05, 0.1) is 0 Å². The summed E-state index contributed by atoms with van der Waals surface area (Å²) in [4.78, 5) is 0. The van der Waals surface area contributed by atoms with Crippen LogP contribution in [0.1, 0.15) is 55.2 Å². The molecule has 102 valence electrons. The van der Waals surface area contributed by atoms with E-state index in [9.17, 15) is 0 Å². The Balaban J connectivity index is 2.00. The van der Waals surface area contributed by atoms with Gasteiger partial charge in [0.1, 0.15) is 0 Å². The summed E-state index contributed by atoms with van der Waals surface area (Å²) in [5.74, 6) is 0. The summed E-state index contributed by atoms with van der Waals surface area (Å²) < 4.78 is 0. The number of rotatable bonds is 0. The van der Waals surface area contributed by atoms with E-state index in [1.54, 1.807) is 11.1 Å². The molecule has 2 aromatic carbocycles. The summed E-state index contributed by atoms with van der Waals surface area (Å²) >= 11 is 0. The van der Waals surface area contributed by atoms with Gasteiger partial charge in [0.15, 0.2) is 0 Å². The lowest BCUT2D eigenvalue weighted by Gasteiger charge is -2.31. The van der Waals surface area contributed by atoms with Crippen molar-refractivity contribution < 1.29 is 0 Å². The van der Waals surface area contributed by atoms with E-state index < -0.39 is 0 Å².